The van der Waals surface area contributed by atoms with Gasteiger partial charge in [0.05, 0.1) is 12.4 Å². The van der Waals surface area contributed by atoms with Crippen molar-refractivity contribution in [2.24, 2.45) is 5.14 Å². The van der Waals surface area contributed by atoms with Crippen LogP contribution in [0.25, 0.3) is 0 Å². The summed E-state index contributed by atoms with van der Waals surface area (Å²) in [5.74, 6) is 0.956. The quantitative estimate of drug-likeness (QED) is 0.733. The molecule has 1 aromatic rings. The van der Waals surface area contributed by atoms with Crippen LogP contribution < -0.4 is 9.88 Å². The molecule has 19 heavy (non-hydrogen) atoms. The first-order chi connectivity index (χ1) is 8.88. The van der Waals surface area contributed by atoms with E-state index < -0.39 is 10.0 Å². The Morgan fingerprint density at radius 3 is 2.58 bits per heavy atom. The van der Waals surface area contributed by atoms with Crippen molar-refractivity contribution in [3.8, 4) is 5.75 Å². The van der Waals surface area contributed by atoms with Crippen LogP contribution in [-0.2, 0) is 10.0 Å². The number of unbranched alkanes of at least 4 members (excludes halogenated alkanes) is 3. The molecule has 1 rings (SSSR count). The molecule has 6 heteroatoms. The minimum Gasteiger partial charge on any atom is -0.493 e. The van der Waals surface area contributed by atoms with Crippen molar-refractivity contribution in [3.05, 3.63) is 28.2 Å². The molecule has 4 nitrogen and oxygen atoms in total. The van der Waals surface area contributed by atoms with Gasteiger partial charge in [0, 0.05) is 4.47 Å². The summed E-state index contributed by atoms with van der Waals surface area (Å²) >= 11 is 3.41. The fourth-order valence-electron chi connectivity index (χ4n) is 1.67. The van der Waals surface area contributed by atoms with Crippen molar-refractivity contribution in [1.29, 1.82) is 0 Å². The lowest BCUT2D eigenvalue weighted by Gasteiger charge is -2.09. The Morgan fingerprint density at radius 2 is 1.89 bits per heavy atom. The molecule has 0 bridgehead atoms. The molecule has 1 aromatic carbocycles. The van der Waals surface area contributed by atoms with Crippen molar-refractivity contribution in [2.45, 2.75) is 32.6 Å². The van der Waals surface area contributed by atoms with E-state index in [1.807, 2.05) is 25.1 Å². The van der Waals surface area contributed by atoms with E-state index in [0.717, 1.165) is 35.0 Å². The molecule has 2 N–H and O–H groups in total. The Hall–Kier alpha value is -0.590. The Labute approximate surface area is 123 Å². The van der Waals surface area contributed by atoms with Crippen LogP contribution in [0.1, 0.15) is 31.2 Å². The molecule has 0 saturated heterocycles. The molecule has 0 heterocycles. The van der Waals surface area contributed by atoms with Gasteiger partial charge in [0.2, 0.25) is 10.0 Å². The molecular formula is C13H20BrNO3S. The molecule has 0 aliphatic carbocycles. The van der Waals surface area contributed by atoms with Crippen LogP contribution in [0.15, 0.2) is 22.7 Å². The highest BCUT2D eigenvalue weighted by Crippen LogP contribution is 2.23. The lowest BCUT2D eigenvalue weighted by molar-refractivity contribution is 0.303. The molecular weight excluding hydrogens is 330 g/mol. The Balaban J connectivity index is 2.16. The summed E-state index contributed by atoms with van der Waals surface area (Å²) in [4.78, 5) is 0. The largest absolute Gasteiger partial charge is 0.493 e. The first-order valence-corrected chi connectivity index (χ1v) is 8.79. The normalized spacial score (nSPS) is 11.5. The molecule has 0 radical (unpaired) electrons. The fraction of sp³-hybridized carbons (Fsp3) is 0.538. The van der Waals surface area contributed by atoms with Crippen LogP contribution in [0.4, 0.5) is 0 Å². The summed E-state index contributed by atoms with van der Waals surface area (Å²) in [7, 11) is -3.31. The summed E-state index contributed by atoms with van der Waals surface area (Å²) in [6, 6.07) is 5.94. The zero-order valence-electron chi connectivity index (χ0n) is 11.1. The van der Waals surface area contributed by atoms with Crippen LogP contribution in [0.5, 0.6) is 5.75 Å². The van der Waals surface area contributed by atoms with Gasteiger partial charge in [0.25, 0.3) is 0 Å². The average molecular weight is 350 g/mol. The Bertz CT molecular complexity index is 503. The number of sulfonamides is 1. The standard InChI is InChI=1S/C13H20BrNO3S/c1-11-6-7-12(14)10-13(11)18-8-4-2-3-5-9-19(15,16)17/h6-7,10H,2-5,8-9H2,1H3,(H2,15,16,17). The van der Waals surface area contributed by atoms with Crippen molar-refractivity contribution in [1.82, 2.24) is 0 Å². The van der Waals surface area contributed by atoms with Crippen LogP contribution >= 0.6 is 15.9 Å². The maximum atomic E-state index is 10.7. The number of ether oxygens (including phenoxy) is 1. The SMILES string of the molecule is Cc1ccc(Br)cc1OCCCCCCS(N)(=O)=O. The van der Waals surface area contributed by atoms with Gasteiger partial charge in [-0.05, 0) is 37.5 Å². The average Bonchev–Trinajstić information content (AvgIpc) is 2.31. The van der Waals surface area contributed by atoms with E-state index in [-0.39, 0.29) is 5.75 Å². The van der Waals surface area contributed by atoms with Crippen LogP contribution in [0.2, 0.25) is 0 Å². The number of hydrogen-bond donors (Lipinski definition) is 1. The molecule has 0 saturated carbocycles. The van der Waals surface area contributed by atoms with Crippen molar-refractivity contribution >= 4 is 26.0 Å². The number of aryl methyl sites for hydroxylation is 1. The van der Waals surface area contributed by atoms with Gasteiger partial charge in [-0.25, -0.2) is 13.6 Å². The maximum absolute atomic E-state index is 10.7. The predicted octanol–water partition coefficient (Wildman–Crippen LogP) is 2.99. The van der Waals surface area contributed by atoms with Gasteiger partial charge in [0.15, 0.2) is 0 Å². The molecule has 0 aliphatic rings. The Kier molecular flexibility index (Phi) is 6.82. The Morgan fingerprint density at radius 1 is 1.21 bits per heavy atom. The van der Waals surface area contributed by atoms with E-state index in [0.29, 0.717) is 13.0 Å². The highest BCUT2D eigenvalue weighted by atomic mass is 79.9. The van der Waals surface area contributed by atoms with E-state index in [4.69, 9.17) is 9.88 Å². The highest BCUT2D eigenvalue weighted by molar-refractivity contribution is 9.10. The second-order valence-electron chi connectivity index (χ2n) is 4.54. The zero-order chi connectivity index (χ0) is 14.3. The van der Waals surface area contributed by atoms with Gasteiger partial charge in [-0.2, -0.15) is 0 Å². The second-order valence-corrected chi connectivity index (χ2v) is 7.19. The molecule has 0 aliphatic heterocycles. The predicted molar refractivity (Wildman–Crippen MR) is 80.8 cm³/mol. The van der Waals surface area contributed by atoms with Gasteiger partial charge in [0.1, 0.15) is 5.75 Å². The van der Waals surface area contributed by atoms with Gasteiger partial charge in [-0.3, -0.25) is 0 Å². The molecule has 0 fully saturated rings. The van der Waals surface area contributed by atoms with Crippen LogP contribution in [0.3, 0.4) is 0 Å². The van der Waals surface area contributed by atoms with Gasteiger partial charge in [-0.1, -0.05) is 34.8 Å². The third-order valence-electron chi connectivity index (χ3n) is 2.73. The lowest BCUT2D eigenvalue weighted by Crippen LogP contribution is -2.16. The third-order valence-corrected chi connectivity index (χ3v) is 4.08. The number of hydrogen-bond acceptors (Lipinski definition) is 3. The van der Waals surface area contributed by atoms with E-state index >= 15 is 0 Å². The summed E-state index contributed by atoms with van der Waals surface area (Å²) < 4.78 is 28.1. The molecule has 108 valence electrons. The second kappa shape index (κ2) is 7.87. The van der Waals surface area contributed by atoms with E-state index in [2.05, 4.69) is 15.9 Å². The third kappa shape index (κ3) is 7.54. The summed E-state index contributed by atoms with van der Waals surface area (Å²) in [6.07, 6.45) is 3.34. The molecule has 0 atom stereocenters. The van der Waals surface area contributed by atoms with Crippen molar-refractivity contribution in [3.63, 3.8) is 0 Å². The maximum Gasteiger partial charge on any atom is 0.209 e. The number of halogens is 1. The first kappa shape index (κ1) is 16.5. The van der Waals surface area contributed by atoms with Crippen molar-refractivity contribution in [2.75, 3.05) is 12.4 Å². The fourth-order valence-corrected chi connectivity index (χ4v) is 2.62. The summed E-state index contributed by atoms with van der Waals surface area (Å²) in [6.45, 7) is 2.65. The van der Waals surface area contributed by atoms with E-state index in [1.54, 1.807) is 0 Å². The molecule has 0 spiro atoms. The van der Waals surface area contributed by atoms with Gasteiger partial charge in [-0.15, -0.1) is 0 Å². The number of primary sulfonamides is 1. The minimum absolute atomic E-state index is 0.0681. The monoisotopic (exact) mass is 349 g/mol. The first-order valence-electron chi connectivity index (χ1n) is 6.28. The smallest absolute Gasteiger partial charge is 0.209 e. The zero-order valence-corrected chi connectivity index (χ0v) is 13.5. The lowest BCUT2D eigenvalue weighted by atomic mass is 10.2. The van der Waals surface area contributed by atoms with Crippen LogP contribution in [0, 0.1) is 6.92 Å². The highest BCUT2D eigenvalue weighted by Gasteiger charge is 2.02. The van der Waals surface area contributed by atoms with Gasteiger partial charge >= 0.3 is 0 Å². The van der Waals surface area contributed by atoms with E-state index in [9.17, 15) is 8.42 Å². The van der Waals surface area contributed by atoms with Crippen LogP contribution in [-0.4, -0.2) is 20.8 Å². The molecule has 0 unspecified atom stereocenters. The number of benzene rings is 1. The number of rotatable bonds is 8. The summed E-state index contributed by atoms with van der Waals surface area (Å²) in [5.41, 5.74) is 1.11. The van der Waals surface area contributed by atoms with Crippen molar-refractivity contribution < 1.29 is 13.2 Å². The van der Waals surface area contributed by atoms with E-state index in [1.165, 1.54) is 0 Å². The minimum atomic E-state index is -3.31. The summed E-state index contributed by atoms with van der Waals surface area (Å²) in [5, 5.41) is 4.93. The number of nitrogens with two attached hydrogens (primary N) is 1. The molecule has 0 amide bonds. The molecule has 0 aromatic heterocycles. The van der Waals surface area contributed by atoms with Gasteiger partial charge < -0.3 is 4.74 Å². The topological polar surface area (TPSA) is 69.4 Å².